The summed E-state index contributed by atoms with van der Waals surface area (Å²) < 4.78 is 6.54. The van der Waals surface area contributed by atoms with Gasteiger partial charge in [-0.15, -0.1) is 0 Å². The molecule has 0 saturated carbocycles. The fourth-order valence-corrected chi connectivity index (χ4v) is 3.52. The van der Waals surface area contributed by atoms with Gasteiger partial charge in [-0.25, -0.2) is 9.78 Å². The molecule has 0 fully saturated rings. The van der Waals surface area contributed by atoms with Crippen molar-refractivity contribution in [3.05, 3.63) is 58.3 Å². The zero-order valence-corrected chi connectivity index (χ0v) is 15.6. The number of anilines is 1. The summed E-state index contributed by atoms with van der Waals surface area (Å²) in [5.41, 5.74) is 0.492. The van der Waals surface area contributed by atoms with E-state index in [1.807, 2.05) is 37.3 Å². The Balaban J connectivity index is 1.95. The molecule has 1 aromatic carbocycles. The first-order valence-electron chi connectivity index (χ1n) is 8.67. The van der Waals surface area contributed by atoms with Crippen molar-refractivity contribution >= 4 is 28.9 Å². The second-order valence-corrected chi connectivity index (χ2v) is 6.70. The third-order valence-electron chi connectivity index (χ3n) is 4.50. The Morgan fingerprint density at radius 2 is 2.08 bits per heavy atom. The van der Waals surface area contributed by atoms with Crippen molar-refractivity contribution in [2.45, 2.75) is 38.6 Å². The maximum atomic E-state index is 12.8. The molecule has 1 aliphatic rings. The van der Waals surface area contributed by atoms with Crippen LogP contribution in [0.15, 0.2) is 41.3 Å². The van der Waals surface area contributed by atoms with Gasteiger partial charge in [-0.2, -0.15) is 0 Å². The number of esters is 1. The summed E-state index contributed by atoms with van der Waals surface area (Å²) in [5, 5.41) is 3.23. The first-order chi connectivity index (χ1) is 12.5. The highest BCUT2D eigenvalue weighted by molar-refractivity contribution is 7.80. The Labute approximate surface area is 157 Å². The second kappa shape index (κ2) is 7.78. The van der Waals surface area contributed by atoms with Crippen LogP contribution in [0.5, 0.6) is 0 Å². The number of aromatic nitrogens is 2. The fraction of sp³-hybridized carbons (Fsp3) is 0.368. The molecule has 0 aliphatic carbocycles. The molecule has 1 N–H and O–H groups in total. The number of hydrogen-bond acceptors (Lipinski definition) is 5. The Kier molecular flexibility index (Phi) is 5.46. The molecule has 2 unspecified atom stereocenters. The summed E-state index contributed by atoms with van der Waals surface area (Å²) in [5.74, 6) is -0.222. The molecule has 26 heavy (non-hydrogen) atoms. The van der Waals surface area contributed by atoms with Gasteiger partial charge in [0.2, 0.25) is 0 Å². The van der Waals surface area contributed by atoms with Crippen molar-refractivity contribution in [3.63, 3.8) is 0 Å². The van der Waals surface area contributed by atoms with E-state index in [1.54, 1.807) is 11.5 Å². The number of rotatable bonds is 4. The highest BCUT2D eigenvalue weighted by atomic mass is 32.1. The average Bonchev–Trinajstić information content (AvgIpc) is 2.63. The van der Waals surface area contributed by atoms with Crippen molar-refractivity contribution in [2.24, 2.45) is 0 Å². The van der Waals surface area contributed by atoms with Gasteiger partial charge in [-0.05, 0) is 38.8 Å². The molecule has 2 aromatic rings. The minimum atomic E-state index is -0.639. The van der Waals surface area contributed by atoms with Crippen LogP contribution < -0.4 is 10.9 Å². The number of fused-ring (bicyclic) bond motifs is 1. The highest BCUT2D eigenvalue weighted by Gasteiger charge is 2.31. The number of nitrogens with zero attached hydrogens (tertiary/aromatic N) is 2. The third kappa shape index (κ3) is 3.53. The Morgan fingerprint density at radius 3 is 2.77 bits per heavy atom. The molecule has 0 spiro atoms. The summed E-state index contributed by atoms with van der Waals surface area (Å²) in [4.78, 5) is 29.9. The summed E-state index contributed by atoms with van der Waals surface area (Å²) in [6.07, 6.45) is 2.88. The largest absolute Gasteiger partial charge is 0.462 e. The molecule has 0 bridgehead atoms. The predicted octanol–water partition coefficient (Wildman–Crippen LogP) is 3.30. The number of hydrogen-bond donors (Lipinski definition) is 1. The zero-order valence-electron chi connectivity index (χ0n) is 14.8. The van der Waals surface area contributed by atoms with E-state index in [1.165, 1.54) is 6.20 Å². The number of para-hydroxylation sites is 1. The van der Waals surface area contributed by atoms with Crippen molar-refractivity contribution < 1.29 is 9.53 Å². The van der Waals surface area contributed by atoms with E-state index < -0.39 is 5.97 Å². The standard InChI is InChI=1S/C19H21N3O3S/c1-3-25-19(24)15-11-20-16-14(10-9-12(2)22(16)18(15)23)17(26)21-13-7-5-4-6-8-13/h4-8,11-12,14H,3,9-10H2,1-2H3,(H,21,26). The highest BCUT2D eigenvalue weighted by Crippen LogP contribution is 2.32. The average molecular weight is 371 g/mol. The molecule has 0 saturated heterocycles. The minimum Gasteiger partial charge on any atom is -0.462 e. The number of thiocarbonyl (C=S) groups is 1. The molecule has 1 aromatic heterocycles. The molecule has 2 heterocycles. The van der Waals surface area contributed by atoms with E-state index >= 15 is 0 Å². The van der Waals surface area contributed by atoms with Gasteiger partial charge < -0.3 is 10.1 Å². The fourth-order valence-electron chi connectivity index (χ4n) is 3.18. The maximum absolute atomic E-state index is 12.8. The van der Waals surface area contributed by atoms with Crippen LogP contribution >= 0.6 is 12.2 Å². The topological polar surface area (TPSA) is 73.2 Å². The summed E-state index contributed by atoms with van der Waals surface area (Å²) in [6, 6.07) is 9.61. The van der Waals surface area contributed by atoms with Crippen LogP contribution in [0.3, 0.4) is 0 Å². The lowest BCUT2D eigenvalue weighted by atomic mass is 9.93. The maximum Gasteiger partial charge on any atom is 0.345 e. The van der Waals surface area contributed by atoms with Gasteiger partial charge in [0, 0.05) is 17.9 Å². The Hall–Kier alpha value is -2.54. The van der Waals surface area contributed by atoms with Gasteiger partial charge in [0.05, 0.1) is 17.5 Å². The van der Waals surface area contributed by atoms with E-state index in [2.05, 4.69) is 10.3 Å². The molecule has 7 heteroatoms. The first-order valence-corrected chi connectivity index (χ1v) is 9.08. The predicted molar refractivity (Wildman–Crippen MR) is 104 cm³/mol. The van der Waals surface area contributed by atoms with E-state index in [0.717, 1.165) is 18.5 Å². The van der Waals surface area contributed by atoms with E-state index in [-0.39, 0.29) is 29.7 Å². The minimum absolute atomic E-state index is 0.0370. The van der Waals surface area contributed by atoms with Crippen LogP contribution in [0.2, 0.25) is 0 Å². The molecule has 0 amide bonds. The summed E-state index contributed by atoms with van der Waals surface area (Å²) in [7, 11) is 0. The first kappa shape index (κ1) is 18.3. The Morgan fingerprint density at radius 1 is 1.35 bits per heavy atom. The number of nitrogens with one attached hydrogen (secondary N) is 1. The molecular formula is C19H21N3O3S. The van der Waals surface area contributed by atoms with Crippen molar-refractivity contribution in [1.82, 2.24) is 9.55 Å². The van der Waals surface area contributed by atoms with Crippen molar-refractivity contribution in [3.8, 4) is 0 Å². The van der Waals surface area contributed by atoms with Crippen LogP contribution in [0, 0.1) is 0 Å². The third-order valence-corrected chi connectivity index (χ3v) is 4.89. The van der Waals surface area contributed by atoms with E-state index in [9.17, 15) is 9.59 Å². The SMILES string of the molecule is CCOC(=O)c1cnc2n(c1=O)C(C)CCC2C(=S)Nc1ccccc1. The lowest BCUT2D eigenvalue weighted by Crippen LogP contribution is -2.38. The van der Waals surface area contributed by atoms with E-state index in [0.29, 0.717) is 10.8 Å². The van der Waals surface area contributed by atoms with Gasteiger partial charge in [0.1, 0.15) is 11.4 Å². The van der Waals surface area contributed by atoms with Gasteiger partial charge in [-0.3, -0.25) is 9.36 Å². The quantitative estimate of drug-likeness (QED) is 0.657. The molecule has 136 valence electrons. The van der Waals surface area contributed by atoms with Gasteiger partial charge >= 0.3 is 5.97 Å². The van der Waals surface area contributed by atoms with Gasteiger partial charge in [-0.1, -0.05) is 30.4 Å². The summed E-state index contributed by atoms with van der Waals surface area (Å²) >= 11 is 5.58. The molecule has 2 atom stereocenters. The van der Waals surface area contributed by atoms with Crippen molar-refractivity contribution in [1.29, 1.82) is 0 Å². The monoisotopic (exact) mass is 371 g/mol. The normalized spacial score (nSPS) is 18.7. The van der Waals surface area contributed by atoms with Crippen LogP contribution in [-0.2, 0) is 4.74 Å². The van der Waals surface area contributed by atoms with Crippen LogP contribution in [0.4, 0.5) is 5.69 Å². The molecule has 3 rings (SSSR count). The second-order valence-electron chi connectivity index (χ2n) is 6.26. The van der Waals surface area contributed by atoms with Crippen LogP contribution in [0.25, 0.3) is 0 Å². The molecule has 0 radical (unpaired) electrons. The Bertz CT molecular complexity index is 879. The number of benzene rings is 1. The smallest absolute Gasteiger partial charge is 0.345 e. The van der Waals surface area contributed by atoms with Crippen LogP contribution in [0.1, 0.15) is 54.8 Å². The van der Waals surface area contributed by atoms with Crippen LogP contribution in [-0.4, -0.2) is 27.1 Å². The van der Waals surface area contributed by atoms with Gasteiger partial charge in [0.25, 0.3) is 5.56 Å². The zero-order chi connectivity index (χ0) is 18.7. The van der Waals surface area contributed by atoms with Crippen molar-refractivity contribution in [2.75, 3.05) is 11.9 Å². The van der Waals surface area contributed by atoms with E-state index in [4.69, 9.17) is 17.0 Å². The molecule has 6 nitrogen and oxygen atoms in total. The summed E-state index contributed by atoms with van der Waals surface area (Å²) in [6.45, 7) is 3.86. The number of ether oxygens (including phenoxy) is 1. The number of carbonyl (C=O) groups is 1. The molecular weight excluding hydrogens is 350 g/mol. The lowest BCUT2D eigenvalue weighted by Gasteiger charge is -2.31. The molecule has 1 aliphatic heterocycles. The number of carbonyl (C=O) groups excluding carboxylic acids is 1. The lowest BCUT2D eigenvalue weighted by molar-refractivity contribution is 0.0522. The van der Waals surface area contributed by atoms with Gasteiger partial charge in [0.15, 0.2) is 0 Å².